The van der Waals surface area contributed by atoms with Gasteiger partial charge in [-0.3, -0.25) is 0 Å². The van der Waals surface area contributed by atoms with Gasteiger partial charge in [-0.2, -0.15) is 0 Å². The lowest BCUT2D eigenvalue weighted by Gasteiger charge is -2.10. The summed E-state index contributed by atoms with van der Waals surface area (Å²) in [5.74, 6) is -0.233. The first kappa shape index (κ1) is 12.6. The van der Waals surface area contributed by atoms with Crippen molar-refractivity contribution in [3.05, 3.63) is 56.5 Å². The van der Waals surface area contributed by atoms with E-state index in [9.17, 15) is 4.39 Å². The Morgan fingerprint density at radius 1 is 1.47 bits per heavy atom. The normalized spacial score (nSPS) is 12.7. The Morgan fingerprint density at radius 2 is 2.24 bits per heavy atom. The van der Waals surface area contributed by atoms with Crippen LogP contribution in [0.3, 0.4) is 0 Å². The molecule has 2 rings (SSSR count). The van der Waals surface area contributed by atoms with E-state index < -0.39 is 0 Å². The van der Waals surface area contributed by atoms with Gasteiger partial charge in [-0.15, -0.1) is 11.3 Å². The zero-order valence-corrected chi connectivity index (χ0v) is 11.0. The number of aryl methyl sites for hydroxylation is 1. The van der Waals surface area contributed by atoms with E-state index in [1.54, 1.807) is 17.4 Å². The van der Waals surface area contributed by atoms with E-state index in [0.717, 1.165) is 21.0 Å². The topological polar surface area (TPSA) is 26.0 Å². The summed E-state index contributed by atoms with van der Waals surface area (Å²) in [7, 11) is 0. The molecule has 2 N–H and O–H groups in total. The van der Waals surface area contributed by atoms with Gasteiger partial charge in [0.2, 0.25) is 0 Å². The van der Waals surface area contributed by atoms with Crippen LogP contribution in [0.25, 0.3) is 0 Å². The van der Waals surface area contributed by atoms with Crippen molar-refractivity contribution in [1.29, 1.82) is 0 Å². The monoisotopic (exact) mass is 269 g/mol. The number of rotatable bonds is 3. The van der Waals surface area contributed by atoms with Gasteiger partial charge >= 0.3 is 0 Å². The number of halogens is 2. The standard InChI is InChI=1S/C13H13ClFNS/c1-8-7-17-13(12(8)14)11(16)6-9-3-2-4-10(15)5-9/h2-5,7,11H,6,16H2,1H3. The Kier molecular flexibility index (Phi) is 3.82. The van der Waals surface area contributed by atoms with Gasteiger partial charge in [0.15, 0.2) is 0 Å². The van der Waals surface area contributed by atoms with Gasteiger partial charge in [-0.1, -0.05) is 23.7 Å². The molecule has 0 aliphatic carbocycles. The first-order valence-corrected chi connectivity index (χ1v) is 6.57. The minimum atomic E-state index is -0.233. The van der Waals surface area contributed by atoms with E-state index in [4.69, 9.17) is 17.3 Å². The Bertz CT molecular complexity index is 524. The van der Waals surface area contributed by atoms with E-state index in [-0.39, 0.29) is 11.9 Å². The third-order valence-electron chi connectivity index (χ3n) is 2.61. The molecule has 0 saturated carbocycles. The van der Waals surface area contributed by atoms with Crippen LogP contribution < -0.4 is 5.73 Å². The number of benzene rings is 1. The molecule has 0 bridgehead atoms. The average Bonchev–Trinajstić information content (AvgIpc) is 2.60. The summed E-state index contributed by atoms with van der Waals surface area (Å²) >= 11 is 7.71. The molecule has 0 fully saturated rings. The Labute approximate surface area is 109 Å². The largest absolute Gasteiger partial charge is 0.323 e. The summed E-state index contributed by atoms with van der Waals surface area (Å²) in [6, 6.07) is 6.32. The van der Waals surface area contributed by atoms with E-state index in [2.05, 4.69) is 0 Å². The number of thiophene rings is 1. The van der Waals surface area contributed by atoms with Gasteiger partial charge in [-0.25, -0.2) is 4.39 Å². The molecule has 0 saturated heterocycles. The molecule has 1 aromatic heterocycles. The summed E-state index contributed by atoms with van der Waals surface area (Å²) < 4.78 is 13.0. The van der Waals surface area contributed by atoms with Crippen molar-refractivity contribution in [2.75, 3.05) is 0 Å². The fraction of sp³-hybridized carbons (Fsp3) is 0.231. The van der Waals surface area contributed by atoms with Crippen molar-refractivity contribution in [3.63, 3.8) is 0 Å². The lowest BCUT2D eigenvalue weighted by atomic mass is 10.0. The van der Waals surface area contributed by atoms with Crippen LogP contribution in [-0.4, -0.2) is 0 Å². The number of hydrogen-bond acceptors (Lipinski definition) is 2. The van der Waals surface area contributed by atoms with Crippen molar-refractivity contribution >= 4 is 22.9 Å². The molecule has 0 aliphatic rings. The molecule has 0 radical (unpaired) electrons. The van der Waals surface area contributed by atoms with Crippen molar-refractivity contribution in [3.8, 4) is 0 Å². The maximum Gasteiger partial charge on any atom is 0.123 e. The van der Waals surface area contributed by atoms with Crippen LogP contribution in [0.1, 0.15) is 22.0 Å². The van der Waals surface area contributed by atoms with Crippen molar-refractivity contribution in [2.24, 2.45) is 5.73 Å². The van der Waals surface area contributed by atoms with E-state index in [0.29, 0.717) is 6.42 Å². The van der Waals surface area contributed by atoms with Crippen LogP contribution in [0.5, 0.6) is 0 Å². The highest BCUT2D eigenvalue weighted by Crippen LogP contribution is 2.32. The molecule has 1 heterocycles. The van der Waals surface area contributed by atoms with Gasteiger partial charge < -0.3 is 5.73 Å². The average molecular weight is 270 g/mol. The molecule has 1 unspecified atom stereocenters. The van der Waals surface area contributed by atoms with Crippen molar-refractivity contribution in [1.82, 2.24) is 0 Å². The molecule has 1 aromatic carbocycles. The molecule has 17 heavy (non-hydrogen) atoms. The maximum atomic E-state index is 13.0. The van der Waals surface area contributed by atoms with Gasteiger partial charge in [0.05, 0.1) is 5.02 Å². The zero-order chi connectivity index (χ0) is 12.4. The molecule has 1 nitrogen and oxygen atoms in total. The zero-order valence-electron chi connectivity index (χ0n) is 9.41. The van der Waals surface area contributed by atoms with Crippen LogP contribution in [0.15, 0.2) is 29.6 Å². The smallest absolute Gasteiger partial charge is 0.123 e. The van der Waals surface area contributed by atoms with E-state index in [1.165, 1.54) is 12.1 Å². The van der Waals surface area contributed by atoms with Crippen LogP contribution in [-0.2, 0) is 6.42 Å². The predicted molar refractivity (Wildman–Crippen MR) is 71.1 cm³/mol. The lowest BCUT2D eigenvalue weighted by Crippen LogP contribution is -2.12. The molecule has 2 aromatic rings. The molecule has 90 valence electrons. The Morgan fingerprint density at radius 3 is 2.82 bits per heavy atom. The SMILES string of the molecule is Cc1csc(C(N)Cc2cccc(F)c2)c1Cl. The number of nitrogens with two attached hydrogens (primary N) is 1. The molecule has 4 heteroatoms. The van der Waals surface area contributed by atoms with E-state index in [1.807, 2.05) is 18.4 Å². The second kappa shape index (κ2) is 5.17. The van der Waals surface area contributed by atoms with Crippen molar-refractivity contribution < 1.29 is 4.39 Å². The summed E-state index contributed by atoms with van der Waals surface area (Å²) in [5.41, 5.74) is 8.03. The van der Waals surface area contributed by atoms with Crippen LogP contribution in [0.4, 0.5) is 4.39 Å². The summed E-state index contributed by atoms with van der Waals surface area (Å²) in [6.45, 7) is 1.96. The number of hydrogen-bond donors (Lipinski definition) is 1. The van der Waals surface area contributed by atoms with Crippen molar-refractivity contribution in [2.45, 2.75) is 19.4 Å². The molecular weight excluding hydrogens is 257 g/mol. The van der Waals surface area contributed by atoms with Crippen LogP contribution in [0.2, 0.25) is 5.02 Å². The second-order valence-corrected chi connectivity index (χ2v) is 5.33. The molecular formula is C13H13ClFNS. The summed E-state index contributed by atoms with van der Waals surface area (Å²) in [5, 5.41) is 2.72. The third kappa shape index (κ3) is 2.86. The van der Waals surface area contributed by atoms with Crippen LogP contribution in [0, 0.1) is 12.7 Å². The highest BCUT2D eigenvalue weighted by atomic mass is 35.5. The summed E-state index contributed by atoms with van der Waals surface area (Å²) in [4.78, 5) is 0.966. The third-order valence-corrected chi connectivity index (χ3v) is 4.45. The first-order valence-electron chi connectivity index (χ1n) is 5.31. The lowest BCUT2D eigenvalue weighted by molar-refractivity contribution is 0.622. The highest BCUT2D eigenvalue weighted by molar-refractivity contribution is 7.10. The summed E-state index contributed by atoms with van der Waals surface area (Å²) in [6.07, 6.45) is 0.595. The van der Waals surface area contributed by atoms with Crippen LogP contribution >= 0.6 is 22.9 Å². The highest BCUT2D eigenvalue weighted by Gasteiger charge is 2.14. The quantitative estimate of drug-likeness (QED) is 0.892. The van der Waals surface area contributed by atoms with Gasteiger partial charge in [-0.05, 0) is 42.0 Å². The van der Waals surface area contributed by atoms with Gasteiger partial charge in [0.25, 0.3) is 0 Å². The predicted octanol–water partition coefficient (Wildman–Crippen LogP) is 4.09. The second-order valence-electron chi connectivity index (χ2n) is 4.04. The fourth-order valence-electron chi connectivity index (χ4n) is 1.71. The van der Waals surface area contributed by atoms with Gasteiger partial charge in [0.1, 0.15) is 5.82 Å². The maximum absolute atomic E-state index is 13.0. The molecule has 0 amide bonds. The Balaban J connectivity index is 2.17. The molecule has 0 aliphatic heterocycles. The minimum absolute atomic E-state index is 0.178. The minimum Gasteiger partial charge on any atom is -0.323 e. The molecule has 1 atom stereocenters. The van der Waals surface area contributed by atoms with E-state index >= 15 is 0 Å². The Hall–Kier alpha value is -0.900. The fourth-order valence-corrected chi connectivity index (χ4v) is 3.05. The first-order chi connectivity index (χ1) is 8.08. The van der Waals surface area contributed by atoms with Gasteiger partial charge in [0, 0.05) is 10.9 Å². The molecule has 0 spiro atoms.